The molecule has 3 nitrogen and oxygen atoms in total. The number of halogens is 3. The predicted octanol–water partition coefficient (Wildman–Crippen LogP) is 2.03. The Hall–Kier alpha value is -1.56. The van der Waals surface area contributed by atoms with E-state index in [1.807, 2.05) is 0 Å². The molecule has 1 atom stereocenters. The first-order chi connectivity index (χ1) is 7.47. The van der Waals surface area contributed by atoms with Gasteiger partial charge < -0.3 is 10.1 Å². The fourth-order valence-electron chi connectivity index (χ4n) is 1.45. The van der Waals surface area contributed by atoms with Crippen LogP contribution in [0, 0.1) is 0 Å². The molecule has 6 heteroatoms. The van der Waals surface area contributed by atoms with Gasteiger partial charge in [0.25, 0.3) is 0 Å². The second kappa shape index (κ2) is 3.79. The molecule has 0 amide bonds. The van der Waals surface area contributed by atoms with Crippen LogP contribution >= 0.6 is 0 Å². The van der Waals surface area contributed by atoms with Gasteiger partial charge in [-0.3, -0.25) is 0 Å². The Morgan fingerprint density at radius 1 is 1.38 bits per heavy atom. The maximum Gasteiger partial charge on any atom is 0.414 e. The van der Waals surface area contributed by atoms with E-state index in [9.17, 15) is 13.2 Å². The highest BCUT2D eigenvalue weighted by molar-refractivity contribution is 5.75. The minimum atomic E-state index is -4.58. The molecule has 0 bridgehead atoms. The molecule has 0 aliphatic rings. The van der Waals surface area contributed by atoms with Crippen molar-refractivity contribution in [3.8, 4) is 0 Å². The Kier molecular flexibility index (Phi) is 2.59. The lowest BCUT2D eigenvalue weighted by atomic mass is 10.1. The number of H-pyrrole nitrogens is 1. The maximum atomic E-state index is 12.1. The van der Waals surface area contributed by atoms with Crippen molar-refractivity contribution in [1.82, 2.24) is 9.97 Å². The highest BCUT2D eigenvalue weighted by Crippen LogP contribution is 2.23. The third-order valence-corrected chi connectivity index (χ3v) is 2.29. The molecule has 0 aliphatic carbocycles. The minimum absolute atomic E-state index is 0.418. The lowest BCUT2D eigenvalue weighted by molar-refractivity contribution is -0.203. The number of alkyl halides is 3. The smallest absolute Gasteiger partial charge is 0.383 e. The Morgan fingerprint density at radius 2 is 2.12 bits per heavy atom. The summed E-state index contributed by atoms with van der Waals surface area (Å²) in [7, 11) is 0. The van der Waals surface area contributed by atoms with E-state index in [2.05, 4.69) is 9.97 Å². The maximum absolute atomic E-state index is 12.1. The van der Waals surface area contributed by atoms with Crippen molar-refractivity contribution in [2.24, 2.45) is 0 Å². The molecule has 2 aromatic rings. The van der Waals surface area contributed by atoms with Crippen molar-refractivity contribution < 1.29 is 18.3 Å². The summed E-state index contributed by atoms with van der Waals surface area (Å²) in [6.45, 7) is 0. The van der Waals surface area contributed by atoms with E-state index in [1.165, 1.54) is 12.4 Å². The zero-order valence-electron chi connectivity index (χ0n) is 8.12. The van der Waals surface area contributed by atoms with Gasteiger partial charge in [-0.05, 0) is 17.7 Å². The molecule has 0 saturated heterocycles. The fourth-order valence-corrected chi connectivity index (χ4v) is 1.45. The first kappa shape index (κ1) is 10.9. The lowest BCUT2D eigenvalue weighted by Crippen LogP contribution is -2.30. The average Bonchev–Trinajstić information content (AvgIpc) is 2.63. The number of aromatic amines is 1. The number of aliphatic hydroxyl groups excluding tert-OH is 1. The van der Waals surface area contributed by atoms with Crippen LogP contribution in [0.2, 0.25) is 0 Å². The molecule has 16 heavy (non-hydrogen) atoms. The van der Waals surface area contributed by atoms with Crippen LogP contribution in [0.15, 0.2) is 24.5 Å². The van der Waals surface area contributed by atoms with Crippen molar-refractivity contribution in [3.63, 3.8) is 0 Å². The second-order valence-electron chi connectivity index (χ2n) is 3.52. The van der Waals surface area contributed by atoms with Crippen LogP contribution in [0.1, 0.15) is 5.56 Å². The molecule has 0 spiro atoms. The van der Waals surface area contributed by atoms with E-state index in [-0.39, 0.29) is 0 Å². The van der Waals surface area contributed by atoms with Gasteiger partial charge in [0.05, 0.1) is 17.4 Å². The van der Waals surface area contributed by atoms with Gasteiger partial charge in [-0.2, -0.15) is 13.2 Å². The van der Waals surface area contributed by atoms with E-state index in [0.717, 1.165) is 0 Å². The van der Waals surface area contributed by atoms with Crippen molar-refractivity contribution >= 4 is 11.0 Å². The van der Waals surface area contributed by atoms with Gasteiger partial charge in [-0.25, -0.2) is 4.98 Å². The Balaban J connectivity index is 2.21. The number of nitrogens with zero attached hydrogens (tertiary/aromatic N) is 1. The first-order valence-corrected chi connectivity index (χ1v) is 4.63. The highest BCUT2D eigenvalue weighted by atomic mass is 19.4. The number of aromatic nitrogens is 2. The summed E-state index contributed by atoms with van der Waals surface area (Å²) in [4.78, 5) is 6.75. The van der Waals surface area contributed by atoms with Gasteiger partial charge >= 0.3 is 6.18 Å². The average molecular weight is 230 g/mol. The molecule has 1 unspecified atom stereocenters. The summed E-state index contributed by atoms with van der Waals surface area (Å²) in [5.41, 5.74) is 1.76. The molecular formula is C10H9F3N2O. The largest absolute Gasteiger partial charge is 0.414 e. The number of nitrogens with one attached hydrogen (secondary N) is 1. The Labute approximate surface area is 88.9 Å². The molecule has 1 heterocycles. The van der Waals surface area contributed by atoms with E-state index in [4.69, 9.17) is 5.11 Å². The number of aliphatic hydroxyl groups is 1. The first-order valence-electron chi connectivity index (χ1n) is 4.63. The van der Waals surface area contributed by atoms with E-state index in [0.29, 0.717) is 16.6 Å². The Morgan fingerprint density at radius 3 is 2.81 bits per heavy atom. The van der Waals surface area contributed by atoms with Gasteiger partial charge in [0.1, 0.15) is 0 Å². The van der Waals surface area contributed by atoms with Crippen LogP contribution in [-0.2, 0) is 6.42 Å². The summed E-state index contributed by atoms with van der Waals surface area (Å²) >= 11 is 0. The summed E-state index contributed by atoms with van der Waals surface area (Å²) in [5.74, 6) is 0. The van der Waals surface area contributed by atoms with E-state index < -0.39 is 18.7 Å². The van der Waals surface area contributed by atoms with Crippen LogP contribution in [0.4, 0.5) is 13.2 Å². The topological polar surface area (TPSA) is 48.9 Å². The van der Waals surface area contributed by atoms with Crippen LogP contribution < -0.4 is 0 Å². The molecule has 0 fully saturated rings. The SMILES string of the molecule is OC(Cc1ccc2nc[nH]c2c1)C(F)(F)F. The van der Waals surface area contributed by atoms with Crippen LogP contribution in [-0.4, -0.2) is 27.4 Å². The van der Waals surface area contributed by atoms with Crippen LogP contribution in [0.5, 0.6) is 0 Å². The third kappa shape index (κ3) is 2.16. The van der Waals surface area contributed by atoms with E-state index in [1.54, 1.807) is 12.1 Å². The second-order valence-corrected chi connectivity index (χ2v) is 3.52. The number of rotatable bonds is 2. The highest BCUT2D eigenvalue weighted by Gasteiger charge is 2.37. The van der Waals surface area contributed by atoms with Crippen molar-refractivity contribution in [3.05, 3.63) is 30.1 Å². The zero-order valence-corrected chi connectivity index (χ0v) is 8.12. The molecule has 0 saturated carbocycles. The quantitative estimate of drug-likeness (QED) is 0.829. The molecule has 86 valence electrons. The van der Waals surface area contributed by atoms with Crippen molar-refractivity contribution in [2.45, 2.75) is 18.7 Å². The number of fused-ring (bicyclic) bond motifs is 1. The summed E-state index contributed by atoms with van der Waals surface area (Å²) in [6, 6.07) is 4.69. The monoisotopic (exact) mass is 230 g/mol. The summed E-state index contributed by atoms with van der Waals surface area (Å²) in [6.07, 6.45) is -5.89. The lowest BCUT2D eigenvalue weighted by Gasteiger charge is -2.14. The molecule has 0 aliphatic heterocycles. The normalized spacial score (nSPS) is 14.2. The van der Waals surface area contributed by atoms with Gasteiger partial charge in [0, 0.05) is 6.42 Å². The van der Waals surface area contributed by atoms with Crippen LogP contribution in [0.25, 0.3) is 11.0 Å². The van der Waals surface area contributed by atoms with Gasteiger partial charge in [0.15, 0.2) is 6.10 Å². The number of hydrogen-bond acceptors (Lipinski definition) is 2. The van der Waals surface area contributed by atoms with Gasteiger partial charge in [-0.1, -0.05) is 6.07 Å². The molecule has 0 radical (unpaired) electrons. The van der Waals surface area contributed by atoms with Gasteiger partial charge in [-0.15, -0.1) is 0 Å². The number of imidazole rings is 1. The molecular weight excluding hydrogens is 221 g/mol. The van der Waals surface area contributed by atoms with Crippen LogP contribution in [0.3, 0.4) is 0 Å². The Bertz CT molecular complexity index is 492. The molecule has 1 aromatic heterocycles. The molecule has 1 aromatic carbocycles. The predicted molar refractivity (Wildman–Crippen MR) is 51.9 cm³/mol. The van der Waals surface area contributed by atoms with Crippen molar-refractivity contribution in [1.29, 1.82) is 0 Å². The standard InChI is InChI=1S/C10H9F3N2O/c11-10(12,13)9(16)4-6-1-2-7-8(3-6)15-5-14-7/h1-3,5,9,16H,4H2,(H,14,15). The fraction of sp³-hybridized carbons (Fsp3) is 0.300. The van der Waals surface area contributed by atoms with E-state index >= 15 is 0 Å². The van der Waals surface area contributed by atoms with Crippen molar-refractivity contribution in [2.75, 3.05) is 0 Å². The number of hydrogen-bond donors (Lipinski definition) is 2. The summed E-state index contributed by atoms with van der Waals surface area (Å²) in [5, 5.41) is 8.91. The summed E-state index contributed by atoms with van der Waals surface area (Å²) < 4.78 is 36.4. The zero-order chi connectivity index (χ0) is 11.8. The molecule has 2 N–H and O–H groups in total. The van der Waals surface area contributed by atoms with Gasteiger partial charge in [0.2, 0.25) is 0 Å². The third-order valence-electron chi connectivity index (χ3n) is 2.29. The number of benzene rings is 1. The minimum Gasteiger partial charge on any atom is -0.383 e. The molecule has 2 rings (SSSR count).